The number of hydrogen-bond donors (Lipinski definition) is 2. The van der Waals surface area contributed by atoms with E-state index in [-0.39, 0.29) is 11.6 Å². The number of nitrogens with zero attached hydrogens (tertiary/aromatic N) is 4. The van der Waals surface area contributed by atoms with Crippen molar-refractivity contribution in [3.63, 3.8) is 0 Å². The van der Waals surface area contributed by atoms with Gasteiger partial charge in [0.15, 0.2) is 5.96 Å². The van der Waals surface area contributed by atoms with Gasteiger partial charge >= 0.3 is 6.18 Å². The number of alkyl halides is 3. The summed E-state index contributed by atoms with van der Waals surface area (Å²) in [6.45, 7) is 8.04. The number of piperidine rings is 2. The summed E-state index contributed by atoms with van der Waals surface area (Å²) in [5.41, 5.74) is 0.104. The summed E-state index contributed by atoms with van der Waals surface area (Å²) in [4.78, 5) is 11.5. The first-order valence-corrected chi connectivity index (χ1v) is 11.6. The SMILES string of the molecule is CCNC(=NCC1(N2CCCCC2)CCN(C)CC1)NC1CCN(CC(F)(F)F)C1. The van der Waals surface area contributed by atoms with Crippen LogP contribution in [-0.2, 0) is 0 Å². The largest absolute Gasteiger partial charge is 0.401 e. The Bertz CT molecular complexity index is 553. The lowest BCUT2D eigenvalue weighted by Crippen LogP contribution is -2.58. The first-order chi connectivity index (χ1) is 14.3. The third-order valence-electron chi connectivity index (χ3n) is 6.84. The van der Waals surface area contributed by atoms with Crippen LogP contribution in [0.3, 0.4) is 0 Å². The summed E-state index contributed by atoms with van der Waals surface area (Å²) in [6.07, 6.45) is 2.65. The van der Waals surface area contributed by atoms with E-state index in [4.69, 9.17) is 4.99 Å². The molecule has 0 aromatic rings. The van der Waals surface area contributed by atoms with E-state index < -0.39 is 12.7 Å². The smallest absolute Gasteiger partial charge is 0.357 e. The molecule has 3 aliphatic rings. The van der Waals surface area contributed by atoms with Gasteiger partial charge in [0, 0.05) is 31.2 Å². The number of nitrogens with one attached hydrogen (secondary N) is 2. The van der Waals surface area contributed by atoms with E-state index in [1.54, 1.807) is 0 Å². The molecule has 0 aromatic heterocycles. The van der Waals surface area contributed by atoms with Crippen molar-refractivity contribution in [3.05, 3.63) is 0 Å². The van der Waals surface area contributed by atoms with E-state index >= 15 is 0 Å². The molecule has 3 saturated heterocycles. The average Bonchev–Trinajstić information content (AvgIpc) is 3.13. The van der Waals surface area contributed by atoms with Crippen molar-refractivity contribution in [1.82, 2.24) is 25.3 Å². The van der Waals surface area contributed by atoms with Gasteiger partial charge in [0.05, 0.1) is 13.1 Å². The summed E-state index contributed by atoms with van der Waals surface area (Å²) in [6, 6.07) is 0.00794. The molecular weight excluding hydrogens is 393 g/mol. The summed E-state index contributed by atoms with van der Waals surface area (Å²) in [5.74, 6) is 0.742. The second kappa shape index (κ2) is 10.5. The molecule has 9 heteroatoms. The Balaban J connectivity index is 1.63. The van der Waals surface area contributed by atoms with E-state index in [1.807, 2.05) is 6.92 Å². The van der Waals surface area contributed by atoms with Gasteiger partial charge in [-0.2, -0.15) is 13.2 Å². The highest BCUT2D eigenvalue weighted by atomic mass is 19.4. The van der Waals surface area contributed by atoms with Gasteiger partial charge in [-0.05, 0) is 72.3 Å². The number of hydrogen-bond acceptors (Lipinski definition) is 4. The summed E-state index contributed by atoms with van der Waals surface area (Å²) >= 11 is 0. The van der Waals surface area contributed by atoms with Crippen molar-refractivity contribution in [2.24, 2.45) is 4.99 Å². The van der Waals surface area contributed by atoms with Crippen molar-refractivity contribution in [2.45, 2.75) is 63.2 Å². The Morgan fingerprint density at radius 2 is 1.77 bits per heavy atom. The van der Waals surface area contributed by atoms with Crippen LogP contribution in [0.25, 0.3) is 0 Å². The zero-order valence-electron chi connectivity index (χ0n) is 18.6. The quantitative estimate of drug-likeness (QED) is 0.497. The van der Waals surface area contributed by atoms with Crippen molar-refractivity contribution < 1.29 is 13.2 Å². The van der Waals surface area contributed by atoms with Crippen molar-refractivity contribution in [1.29, 1.82) is 0 Å². The Morgan fingerprint density at radius 1 is 1.07 bits per heavy atom. The third kappa shape index (κ3) is 6.72. The molecule has 1 atom stereocenters. The topological polar surface area (TPSA) is 46.1 Å². The van der Waals surface area contributed by atoms with Gasteiger partial charge in [0.2, 0.25) is 0 Å². The first-order valence-electron chi connectivity index (χ1n) is 11.6. The molecule has 1 unspecified atom stereocenters. The number of rotatable bonds is 6. The second-order valence-corrected chi connectivity index (χ2v) is 9.25. The zero-order chi connectivity index (χ0) is 21.6. The molecule has 3 fully saturated rings. The van der Waals surface area contributed by atoms with E-state index in [0.29, 0.717) is 19.5 Å². The fraction of sp³-hybridized carbons (Fsp3) is 0.952. The minimum atomic E-state index is -4.14. The predicted octanol–water partition coefficient (Wildman–Crippen LogP) is 2.13. The van der Waals surface area contributed by atoms with Crippen LogP contribution in [0, 0.1) is 0 Å². The van der Waals surface area contributed by atoms with Crippen LogP contribution in [0.2, 0.25) is 0 Å². The molecule has 0 radical (unpaired) electrons. The highest BCUT2D eigenvalue weighted by molar-refractivity contribution is 5.80. The van der Waals surface area contributed by atoms with Gasteiger partial charge in [0.25, 0.3) is 0 Å². The summed E-state index contributed by atoms with van der Waals surface area (Å²) in [5, 5.41) is 6.71. The van der Waals surface area contributed by atoms with E-state index in [0.717, 1.165) is 58.1 Å². The maximum atomic E-state index is 12.7. The molecule has 0 amide bonds. The lowest BCUT2D eigenvalue weighted by atomic mass is 9.84. The van der Waals surface area contributed by atoms with Crippen LogP contribution in [-0.4, -0.2) is 104 Å². The molecular formula is C21H39F3N6. The minimum absolute atomic E-state index is 0.00794. The molecule has 0 aliphatic carbocycles. The monoisotopic (exact) mass is 432 g/mol. The van der Waals surface area contributed by atoms with Crippen molar-refractivity contribution in [2.75, 3.05) is 66.0 Å². The fourth-order valence-electron chi connectivity index (χ4n) is 5.06. The lowest BCUT2D eigenvalue weighted by molar-refractivity contribution is -0.143. The molecule has 6 nitrogen and oxygen atoms in total. The maximum absolute atomic E-state index is 12.7. The van der Waals surface area contributed by atoms with Gasteiger partial charge in [-0.1, -0.05) is 6.42 Å². The summed E-state index contributed by atoms with van der Waals surface area (Å²) < 4.78 is 38.1. The molecule has 30 heavy (non-hydrogen) atoms. The van der Waals surface area contributed by atoms with Crippen LogP contribution in [0.4, 0.5) is 13.2 Å². The number of likely N-dealkylation sites (tertiary alicyclic amines) is 3. The molecule has 0 spiro atoms. The normalized spacial score (nSPS) is 27.4. The number of aliphatic imine (C=N–C) groups is 1. The molecule has 0 saturated carbocycles. The van der Waals surface area contributed by atoms with E-state index in [2.05, 4.69) is 27.5 Å². The highest BCUT2D eigenvalue weighted by Crippen LogP contribution is 2.31. The number of halogens is 3. The highest BCUT2D eigenvalue weighted by Gasteiger charge is 2.40. The summed E-state index contributed by atoms with van der Waals surface area (Å²) in [7, 11) is 2.18. The van der Waals surface area contributed by atoms with Gasteiger partial charge in [0.1, 0.15) is 0 Å². The molecule has 0 aromatic carbocycles. The maximum Gasteiger partial charge on any atom is 0.401 e. The minimum Gasteiger partial charge on any atom is -0.357 e. The fourth-order valence-corrected chi connectivity index (χ4v) is 5.06. The van der Waals surface area contributed by atoms with Crippen LogP contribution in [0.1, 0.15) is 45.4 Å². The van der Waals surface area contributed by atoms with Gasteiger partial charge < -0.3 is 15.5 Å². The molecule has 3 rings (SSSR count). The van der Waals surface area contributed by atoms with Crippen molar-refractivity contribution in [3.8, 4) is 0 Å². The Hall–Kier alpha value is -1.06. The first kappa shape index (κ1) is 23.6. The van der Waals surface area contributed by atoms with Gasteiger partial charge in [-0.25, -0.2) is 0 Å². The molecule has 3 aliphatic heterocycles. The molecule has 174 valence electrons. The average molecular weight is 433 g/mol. The zero-order valence-corrected chi connectivity index (χ0v) is 18.6. The van der Waals surface area contributed by atoms with Gasteiger partial charge in [-0.3, -0.25) is 14.8 Å². The Morgan fingerprint density at radius 3 is 2.40 bits per heavy atom. The molecule has 3 heterocycles. The lowest BCUT2D eigenvalue weighted by Gasteiger charge is -2.49. The molecule has 0 bridgehead atoms. The third-order valence-corrected chi connectivity index (χ3v) is 6.84. The van der Waals surface area contributed by atoms with Crippen LogP contribution in [0.15, 0.2) is 4.99 Å². The number of guanidine groups is 1. The van der Waals surface area contributed by atoms with Crippen LogP contribution in [0.5, 0.6) is 0 Å². The standard InChI is InChI=1S/C21H39F3N6/c1-3-25-19(27-18-7-12-29(15-18)17-21(22,23)24)26-16-20(8-13-28(2)14-9-20)30-10-5-4-6-11-30/h18H,3-17H2,1-2H3,(H2,25,26,27). The Kier molecular flexibility index (Phi) is 8.26. The van der Waals surface area contributed by atoms with E-state index in [1.165, 1.54) is 24.2 Å². The van der Waals surface area contributed by atoms with Crippen LogP contribution < -0.4 is 10.6 Å². The van der Waals surface area contributed by atoms with Crippen LogP contribution >= 0.6 is 0 Å². The van der Waals surface area contributed by atoms with E-state index in [9.17, 15) is 13.2 Å². The van der Waals surface area contributed by atoms with Crippen molar-refractivity contribution >= 4 is 5.96 Å². The predicted molar refractivity (Wildman–Crippen MR) is 115 cm³/mol. The molecule has 2 N–H and O–H groups in total. The Labute approximate surface area is 179 Å². The van der Waals surface area contributed by atoms with Gasteiger partial charge in [-0.15, -0.1) is 0 Å². The second-order valence-electron chi connectivity index (χ2n) is 9.25.